The van der Waals surface area contributed by atoms with Gasteiger partial charge in [0.1, 0.15) is 16.5 Å². The van der Waals surface area contributed by atoms with Crippen LogP contribution in [0.5, 0.6) is 5.75 Å². The van der Waals surface area contributed by atoms with Gasteiger partial charge in [0, 0.05) is 17.8 Å². The maximum absolute atomic E-state index is 13.3. The third-order valence-electron chi connectivity index (χ3n) is 4.91. The number of sulfone groups is 1. The summed E-state index contributed by atoms with van der Waals surface area (Å²) in [4.78, 5) is 12.6. The topological polar surface area (TPSA) is 65.4 Å². The molecule has 0 aliphatic carbocycles. The number of nitrogens with zero attached hydrogens (tertiary/aromatic N) is 1. The lowest BCUT2D eigenvalue weighted by Crippen LogP contribution is -2.19. The number of fused-ring (bicyclic) bond motifs is 1. The summed E-state index contributed by atoms with van der Waals surface area (Å²) >= 11 is 6.09. The Bertz CT molecular complexity index is 1450. The summed E-state index contributed by atoms with van der Waals surface area (Å²) in [5.41, 5.74) is 0.725. The minimum atomic E-state index is -4.19. The van der Waals surface area contributed by atoms with Crippen molar-refractivity contribution in [2.45, 2.75) is 16.3 Å². The van der Waals surface area contributed by atoms with Crippen LogP contribution in [-0.2, 0) is 16.4 Å². The Balaban J connectivity index is 1.98. The molecule has 5 nitrogen and oxygen atoms in total. The summed E-state index contributed by atoms with van der Waals surface area (Å²) in [6, 6.07) is 16.4. The average molecular weight is 458 g/mol. The van der Waals surface area contributed by atoms with Gasteiger partial charge in [-0.15, -0.1) is 0 Å². The van der Waals surface area contributed by atoms with Gasteiger partial charge in [0.2, 0.25) is 15.3 Å². The molecule has 0 saturated carbocycles. The summed E-state index contributed by atoms with van der Waals surface area (Å²) in [6.45, 7) is 0.287. The summed E-state index contributed by atoms with van der Waals surface area (Å²) in [6.07, 6.45) is 1.32. The van der Waals surface area contributed by atoms with E-state index >= 15 is 0 Å². The number of aromatic nitrogens is 1. The molecular weight excluding hydrogens is 441 g/mol. The second-order valence-corrected chi connectivity index (χ2v) is 9.28. The monoisotopic (exact) mass is 457 g/mol. The molecule has 0 fully saturated rings. The maximum Gasteiger partial charge on any atom is 0.211 e. The van der Waals surface area contributed by atoms with Crippen LogP contribution in [0, 0.1) is 5.82 Å². The van der Waals surface area contributed by atoms with Gasteiger partial charge in [0.25, 0.3) is 0 Å². The minimum Gasteiger partial charge on any atom is -0.497 e. The molecule has 0 N–H and O–H groups in total. The summed E-state index contributed by atoms with van der Waals surface area (Å²) in [7, 11) is -2.72. The van der Waals surface area contributed by atoms with E-state index in [1.807, 2.05) is 6.07 Å². The Morgan fingerprint density at radius 1 is 1.03 bits per heavy atom. The van der Waals surface area contributed by atoms with Crippen LogP contribution in [0.4, 0.5) is 4.39 Å². The normalized spacial score (nSPS) is 11.6. The lowest BCUT2D eigenvalue weighted by Gasteiger charge is -2.15. The number of pyridine rings is 1. The van der Waals surface area contributed by atoms with Crippen molar-refractivity contribution in [2.24, 2.45) is 0 Å². The van der Waals surface area contributed by atoms with E-state index in [0.717, 1.165) is 29.8 Å². The van der Waals surface area contributed by atoms with Gasteiger partial charge in [0.05, 0.1) is 22.9 Å². The molecule has 0 aliphatic heterocycles. The van der Waals surface area contributed by atoms with Crippen molar-refractivity contribution >= 4 is 32.3 Å². The van der Waals surface area contributed by atoms with Crippen molar-refractivity contribution < 1.29 is 17.5 Å². The van der Waals surface area contributed by atoms with Crippen LogP contribution in [0.1, 0.15) is 5.56 Å². The molecule has 3 aromatic carbocycles. The maximum atomic E-state index is 13.3. The smallest absolute Gasteiger partial charge is 0.211 e. The molecule has 4 aromatic rings. The molecule has 0 atom stereocenters. The number of benzene rings is 3. The molecule has 31 heavy (non-hydrogen) atoms. The van der Waals surface area contributed by atoms with Gasteiger partial charge in [-0.2, -0.15) is 0 Å². The van der Waals surface area contributed by atoms with E-state index in [1.165, 1.54) is 19.4 Å². The van der Waals surface area contributed by atoms with Gasteiger partial charge in [-0.1, -0.05) is 23.7 Å². The zero-order valence-electron chi connectivity index (χ0n) is 16.4. The van der Waals surface area contributed by atoms with E-state index in [-0.39, 0.29) is 16.8 Å². The highest BCUT2D eigenvalue weighted by Gasteiger charge is 2.24. The predicted molar refractivity (Wildman–Crippen MR) is 117 cm³/mol. The standard InChI is InChI=1S/C23H17ClFNO4S/c1-30-18-7-10-21-20(12-18)23(27)22(31(28,29)19-8-5-17(25)6-9-19)14-26(21)13-15-3-2-4-16(24)11-15/h2-12,14H,13H2,1H3. The Morgan fingerprint density at radius 3 is 2.45 bits per heavy atom. The number of hydrogen-bond donors (Lipinski definition) is 0. The first-order valence-corrected chi connectivity index (χ1v) is 11.1. The van der Waals surface area contributed by atoms with E-state index in [1.54, 1.807) is 34.9 Å². The van der Waals surface area contributed by atoms with Crippen LogP contribution in [0.15, 0.2) is 87.5 Å². The van der Waals surface area contributed by atoms with Crippen LogP contribution in [-0.4, -0.2) is 20.1 Å². The van der Waals surface area contributed by atoms with E-state index in [4.69, 9.17) is 16.3 Å². The van der Waals surface area contributed by atoms with Crippen LogP contribution in [0.2, 0.25) is 5.02 Å². The molecule has 158 valence electrons. The fourth-order valence-electron chi connectivity index (χ4n) is 3.37. The molecule has 0 aliphatic rings. The molecule has 0 unspecified atom stereocenters. The highest BCUT2D eigenvalue weighted by atomic mass is 35.5. The molecule has 0 spiro atoms. The van der Waals surface area contributed by atoms with Crippen molar-refractivity contribution in [3.63, 3.8) is 0 Å². The zero-order chi connectivity index (χ0) is 22.2. The van der Waals surface area contributed by atoms with Crippen molar-refractivity contribution in [3.8, 4) is 5.75 Å². The first-order chi connectivity index (χ1) is 14.8. The number of hydrogen-bond acceptors (Lipinski definition) is 4. The molecule has 8 heteroatoms. The number of ether oxygens (including phenoxy) is 1. The van der Waals surface area contributed by atoms with Crippen LogP contribution in [0.25, 0.3) is 10.9 Å². The van der Waals surface area contributed by atoms with Gasteiger partial charge in [-0.25, -0.2) is 12.8 Å². The van der Waals surface area contributed by atoms with Crippen molar-refractivity contribution in [2.75, 3.05) is 7.11 Å². The van der Waals surface area contributed by atoms with E-state index in [0.29, 0.717) is 16.3 Å². The minimum absolute atomic E-state index is 0.164. The van der Waals surface area contributed by atoms with E-state index in [9.17, 15) is 17.6 Å². The van der Waals surface area contributed by atoms with E-state index < -0.39 is 26.0 Å². The molecule has 0 bridgehead atoms. The van der Waals surface area contributed by atoms with Gasteiger partial charge in [-0.05, 0) is 60.2 Å². The van der Waals surface area contributed by atoms with Gasteiger partial charge in [0.15, 0.2) is 0 Å². The summed E-state index contributed by atoms with van der Waals surface area (Å²) in [5, 5.41) is 0.744. The highest BCUT2D eigenvalue weighted by molar-refractivity contribution is 7.91. The second kappa shape index (κ2) is 8.17. The zero-order valence-corrected chi connectivity index (χ0v) is 18.0. The van der Waals surface area contributed by atoms with E-state index in [2.05, 4.69) is 0 Å². The summed E-state index contributed by atoms with van der Waals surface area (Å²) in [5.74, 6) is -0.143. The quantitative estimate of drug-likeness (QED) is 0.408. The number of methoxy groups -OCH3 is 1. The lowest BCUT2D eigenvalue weighted by atomic mass is 10.1. The molecule has 0 saturated heterocycles. The fourth-order valence-corrected chi connectivity index (χ4v) is 4.95. The predicted octanol–water partition coefficient (Wildman–Crippen LogP) is 4.68. The number of halogens is 2. The third-order valence-corrected chi connectivity index (χ3v) is 6.91. The average Bonchev–Trinajstić information content (AvgIpc) is 2.75. The largest absolute Gasteiger partial charge is 0.497 e. The first kappa shape index (κ1) is 21.1. The highest BCUT2D eigenvalue weighted by Crippen LogP contribution is 2.25. The molecule has 1 aromatic heterocycles. The Hall–Kier alpha value is -3.16. The van der Waals surface area contributed by atoms with Gasteiger partial charge < -0.3 is 9.30 Å². The molecule has 0 amide bonds. The third kappa shape index (κ3) is 4.06. The van der Waals surface area contributed by atoms with Crippen molar-refractivity contribution in [3.05, 3.63) is 99.6 Å². The Labute approximate surface area is 183 Å². The fraction of sp³-hybridized carbons (Fsp3) is 0.0870. The molecular formula is C23H17ClFNO4S. The van der Waals surface area contributed by atoms with Crippen molar-refractivity contribution in [1.82, 2.24) is 4.57 Å². The number of rotatable bonds is 5. The summed E-state index contributed by atoms with van der Waals surface area (Å²) < 4.78 is 46.7. The molecule has 0 radical (unpaired) electrons. The Kier molecular flexibility index (Phi) is 5.56. The lowest BCUT2D eigenvalue weighted by molar-refractivity contribution is 0.415. The second-order valence-electron chi connectivity index (χ2n) is 6.92. The SMILES string of the molecule is COc1ccc2c(c1)c(=O)c(S(=O)(=O)c1ccc(F)cc1)cn2Cc1cccc(Cl)c1. The van der Waals surface area contributed by atoms with Crippen LogP contribution >= 0.6 is 11.6 Å². The molecule has 1 heterocycles. The van der Waals surface area contributed by atoms with Crippen LogP contribution in [0.3, 0.4) is 0 Å². The van der Waals surface area contributed by atoms with Crippen molar-refractivity contribution in [1.29, 1.82) is 0 Å². The molecule has 4 rings (SSSR count). The van der Waals surface area contributed by atoms with Gasteiger partial charge >= 0.3 is 0 Å². The van der Waals surface area contributed by atoms with Gasteiger partial charge in [-0.3, -0.25) is 4.79 Å². The van der Waals surface area contributed by atoms with Crippen LogP contribution < -0.4 is 10.2 Å². The first-order valence-electron chi connectivity index (χ1n) is 9.26. The Morgan fingerprint density at radius 2 is 1.77 bits per heavy atom.